The Morgan fingerprint density at radius 2 is 1.93 bits per heavy atom. The zero-order valence-electron chi connectivity index (χ0n) is 9.13. The zero-order chi connectivity index (χ0) is 10.6. The molecular weight excluding hydrogens is 178 g/mol. The van der Waals surface area contributed by atoms with Gasteiger partial charge in [-0.05, 0) is 19.3 Å². The largest absolute Gasteiger partial charge is 0.392 e. The minimum absolute atomic E-state index is 0.101. The third kappa shape index (κ3) is 1.34. The summed E-state index contributed by atoms with van der Waals surface area (Å²) in [6.07, 6.45) is 2.46. The third-order valence-electron chi connectivity index (χ3n) is 4.07. The summed E-state index contributed by atoms with van der Waals surface area (Å²) in [4.78, 5) is 11.7. The first-order valence-electron chi connectivity index (χ1n) is 5.35. The number of aliphatic hydroxyl groups is 1. The molecule has 3 nitrogen and oxygen atoms in total. The van der Waals surface area contributed by atoms with Crippen molar-refractivity contribution in [2.75, 3.05) is 0 Å². The molecule has 0 aromatic carbocycles. The van der Waals surface area contributed by atoms with Crippen LogP contribution >= 0.6 is 0 Å². The van der Waals surface area contributed by atoms with Gasteiger partial charge in [-0.2, -0.15) is 0 Å². The standard InChI is InChI=1S/C11H19NO2/c1-10(2)7(6-8(10)13)12-9(14)11(3)4-5-11/h7-8,13H,4-6H2,1-3H3,(H,12,14). The summed E-state index contributed by atoms with van der Waals surface area (Å²) in [7, 11) is 0. The lowest BCUT2D eigenvalue weighted by Crippen LogP contribution is -2.61. The average Bonchev–Trinajstić information content (AvgIpc) is 2.84. The Morgan fingerprint density at radius 1 is 1.36 bits per heavy atom. The van der Waals surface area contributed by atoms with E-state index in [1.54, 1.807) is 0 Å². The third-order valence-corrected chi connectivity index (χ3v) is 4.07. The van der Waals surface area contributed by atoms with Gasteiger partial charge in [-0.3, -0.25) is 4.79 Å². The van der Waals surface area contributed by atoms with Crippen LogP contribution in [0.2, 0.25) is 0 Å². The quantitative estimate of drug-likeness (QED) is 0.695. The molecule has 0 spiro atoms. The predicted molar refractivity (Wildman–Crippen MR) is 53.7 cm³/mol. The van der Waals surface area contributed by atoms with Gasteiger partial charge < -0.3 is 10.4 Å². The van der Waals surface area contributed by atoms with Crippen LogP contribution in [-0.4, -0.2) is 23.2 Å². The number of carbonyl (C=O) groups excluding carboxylic acids is 1. The second kappa shape index (κ2) is 2.72. The summed E-state index contributed by atoms with van der Waals surface area (Å²) in [5.74, 6) is 0.169. The Bertz CT molecular complexity index is 268. The van der Waals surface area contributed by atoms with E-state index in [1.807, 2.05) is 20.8 Å². The molecule has 14 heavy (non-hydrogen) atoms. The number of rotatable bonds is 2. The van der Waals surface area contributed by atoms with Crippen LogP contribution in [-0.2, 0) is 4.79 Å². The van der Waals surface area contributed by atoms with Crippen LogP contribution in [0.15, 0.2) is 0 Å². The molecule has 0 heterocycles. The highest BCUT2D eigenvalue weighted by Gasteiger charge is 2.51. The van der Waals surface area contributed by atoms with E-state index in [0.717, 1.165) is 12.8 Å². The van der Waals surface area contributed by atoms with Crippen LogP contribution in [0, 0.1) is 10.8 Å². The topological polar surface area (TPSA) is 49.3 Å². The lowest BCUT2D eigenvalue weighted by atomic mass is 9.64. The van der Waals surface area contributed by atoms with E-state index >= 15 is 0 Å². The molecule has 2 saturated carbocycles. The van der Waals surface area contributed by atoms with Gasteiger partial charge in [-0.25, -0.2) is 0 Å². The normalized spacial score (nSPS) is 37.1. The second-order valence-corrected chi connectivity index (χ2v) is 5.66. The van der Waals surface area contributed by atoms with E-state index in [0.29, 0.717) is 6.42 Å². The summed E-state index contributed by atoms with van der Waals surface area (Å²) in [5.41, 5.74) is -0.252. The van der Waals surface area contributed by atoms with Crippen LogP contribution in [0.4, 0.5) is 0 Å². The molecule has 0 aliphatic heterocycles. The smallest absolute Gasteiger partial charge is 0.226 e. The van der Waals surface area contributed by atoms with Gasteiger partial charge in [0.15, 0.2) is 0 Å². The summed E-state index contributed by atoms with van der Waals surface area (Å²) in [5, 5.41) is 12.6. The average molecular weight is 197 g/mol. The van der Waals surface area contributed by atoms with E-state index in [4.69, 9.17) is 0 Å². The van der Waals surface area contributed by atoms with Gasteiger partial charge >= 0.3 is 0 Å². The van der Waals surface area contributed by atoms with Crippen LogP contribution in [0.1, 0.15) is 40.0 Å². The lowest BCUT2D eigenvalue weighted by molar-refractivity contribution is -0.133. The molecule has 1 amide bonds. The van der Waals surface area contributed by atoms with Gasteiger partial charge in [0.25, 0.3) is 0 Å². The first-order valence-corrected chi connectivity index (χ1v) is 5.35. The van der Waals surface area contributed by atoms with Crippen molar-refractivity contribution in [1.82, 2.24) is 5.32 Å². The molecule has 0 saturated heterocycles. The number of nitrogens with one attached hydrogen (secondary N) is 1. The lowest BCUT2D eigenvalue weighted by Gasteiger charge is -2.49. The number of hydrogen-bond acceptors (Lipinski definition) is 2. The minimum Gasteiger partial charge on any atom is -0.392 e. The number of amides is 1. The SMILES string of the molecule is CC1(C(=O)NC2CC(O)C2(C)C)CC1. The molecular formula is C11H19NO2. The summed E-state index contributed by atoms with van der Waals surface area (Å²) in [6.45, 7) is 6.01. The molecule has 80 valence electrons. The van der Waals surface area contributed by atoms with Gasteiger partial charge in [0.1, 0.15) is 0 Å². The monoisotopic (exact) mass is 197 g/mol. The summed E-state index contributed by atoms with van der Waals surface area (Å²) in [6, 6.07) is 0.155. The maximum atomic E-state index is 11.7. The highest BCUT2D eigenvalue weighted by molar-refractivity contribution is 5.85. The highest BCUT2D eigenvalue weighted by atomic mass is 16.3. The predicted octanol–water partition coefficient (Wildman–Crippen LogP) is 1.06. The van der Waals surface area contributed by atoms with E-state index < -0.39 is 0 Å². The van der Waals surface area contributed by atoms with Crippen molar-refractivity contribution >= 4 is 5.91 Å². The van der Waals surface area contributed by atoms with Crippen LogP contribution in [0.5, 0.6) is 0 Å². The van der Waals surface area contributed by atoms with E-state index in [2.05, 4.69) is 5.32 Å². The maximum Gasteiger partial charge on any atom is 0.226 e. The van der Waals surface area contributed by atoms with Gasteiger partial charge in [0, 0.05) is 16.9 Å². The first kappa shape index (κ1) is 9.97. The molecule has 0 bridgehead atoms. The zero-order valence-corrected chi connectivity index (χ0v) is 9.13. The Hall–Kier alpha value is -0.570. The highest BCUT2D eigenvalue weighted by Crippen LogP contribution is 2.47. The number of aliphatic hydroxyl groups excluding tert-OH is 1. The molecule has 2 aliphatic rings. The molecule has 2 N–H and O–H groups in total. The fraction of sp³-hybridized carbons (Fsp3) is 0.909. The van der Waals surface area contributed by atoms with E-state index in [-0.39, 0.29) is 28.9 Å². The molecule has 2 atom stereocenters. The van der Waals surface area contributed by atoms with Crippen molar-refractivity contribution in [3.8, 4) is 0 Å². The van der Waals surface area contributed by atoms with Crippen molar-refractivity contribution < 1.29 is 9.90 Å². The molecule has 3 heteroatoms. The van der Waals surface area contributed by atoms with E-state index in [9.17, 15) is 9.90 Å². The van der Waals surface area contributed by atoms with E-state index in [1.165, 1.54) is 0 Å². The number of carbonyl (C=O) groups is 1. The van der Waals surface area contributed by atoms with Gasteiger partial charge in [0.2, 0.25) is 5.91 Å². The molecule has 2 aliphatic carbocycles. The molecule has 2 fully saturated rings. The fourth-order valence-electron chi connectivity index (χ4n) is 1.89. The molecule has 0 aromatic rings. The molecule has 2 rings (SSSR count). The van der Waals surface area contributed by atoms with Gasteiger partial charge in [-0.15, -0.1) is 0 Å². The van der Waals surface area contributed by atoms with Gasteiger partial charge in [0.05, 0.1) is 6.10 Å². The maximum absolute atomic E-state index is 11.7. The first-order chi connectivity index (χ1) is 6.36. The summed E-state index contributed by atoms with van der Waals surface area (Å²) >= 11 is 0. The fourth-order valence-corrected chi connectivity index (χ4v) is 1.89. The van der Waals surface area contributed by atoms with Crippen LogP contribution in [0.25, 0.3) is 0 Å². The Kier molecular flexibility index (Phi) is 1.94. The van der Waals surface area contributed by atoms with Crippen molar-refractivity contribution in [2.24, 2.45) is 10.8 Å². The van der Waals surface area contributed by atoms with Crippen molar-refractivity contribution in [3.63, 3.8) is 0 Å². The molecule has 2 unspecified atom stereocenters. The van der Waals surface area contributed by atoms with Crippen molar-refractivity contribution in [3.05, 3.63) is 0 Å². The van der Waals surface area contributed by atoms with Crippen LogP contribution in [0.3, 0.4) is 0 Å². The minimum atomic E-state index is -0.264. The summed E-state index contributed by atoms with van der Waals surface area (Å²) < 4.78 is 0. The Labute approximate surface area is 84.9 Å². The van der Waals surface area contributed by atoms with Crippen LogP contribution < -0.4 is 5.32 Å². The second-order valence-electron chi connectivity index (χ2n) is 5.66. The molecule has 0 radical (unpaired) electrons. The van der Waals surface area contributed by atoms with Gasteiger partial charge in [-0.1, -0.05) is 20.8 Å². The Balaban J connectivity index is 1.91. The van der Waals surface area contributed by atoms with Crippen molar-refractivity contribution in [1.29, 1.82) is 0 Å². The number of hydrogen-bond donors (Lipinski definition) is 2. The molecule has 0 aromatic heterocycles. The van der Waals surface area contributed by atoms with Crippen molar-refractivity contribution in [2.45, 2.75) is 52.2 Å². The Morgan fingerprint density at radius 3 is 2.29 bits per heavy atom.